The Balaban J connectivity index is 2.37. The van der Waals surface area contributed by atoms with Crippen molar-refractivity contribution in [2.24, 2.45) is 0 Å². The largest absolute Gasteiger partial charge is 0.334 e. The number of aromatic nitrogens is 2. The summed E-state index contributed by atoms with van der Waals surface area (Å²) in [7, 11) is 0. The average molecular weight is 269 g/mol. The fourth-order valence-corrected chi connectivity index (χ4v) is 2.15. The SMILES string of the molecule is CCC(Cl)c1noc(-c2ccccc2SC)n1. The Kier molecular flexibility index (Phi) is 4.07. The molecule has 0 amide bonds. The molecule has 17 heavy (non-hydrogen) atoms. The number of benzene rings is 1. The molecular weight excluding hydrogens is 256 g/mol. The topological polar surface area (TPSA) is 38.9 Å². The van der Waals surface area contributed by atoms with Crippen molar-refractivity contribution < 1.29 is 4.52 Å². The predicted molar refractivity (Wildman–Crippen MR) is 70.4 cm³/mol. The molecule has 3 nitrogen and oxygen atoms in total. The molecule has 0 spiro atoms. The van der Waals surface area contributed by atoms with Crippen molar-refractivity contribution in [1.29, 1.82) is 0 Å². The highest BCUT2D eigenvalue weighted by Gasteiger charge is 2.16. The van der Waals surface area contributed by atoms with Gasteiger partial charge in [-0.05, 0) is 24.8 Å². The van der Waals surface area contributed by atoms with Gasteiger partial charge in [-0.2, -0.15) is 4.98 Å². The molecule has 0 bridgehead atoms. The van der Waals surface area contributed by atoms with Crippen LogP contribution in [0.25, 0.3) is 11.5 Å². The zero-order chi connectivity index (χ0) is 12.3. The minimum absolute atomic E-state index is 0.186. The maximum atomic E-state index is 6.07. The molecular formula is C12H13ClN2OS. The van der Waals surface area contributed by atoms with Gasteiger partial charge in [-0.15, -0.1) is 23.4 Å². The summed E-state index contributed by atoms with van der Waals surface area (Å²) in [4.78, 5) is 5.45. The van der Waals surface area contributed by atoms with Crippen LogP contribution in [0.3, 0.4) is 0 Å². The highest BCUT2D eigenvalue weighted by molar-refractivity contribution is 7.98. The zero-order valence-corrected chi connectivity index (χ0v) is 11.3. The lowest BCUT2D eigenvalue weighted by molar-refractivity contribution is 0.420. The summed E-state index contributed by atoms with van der Waals surface area (Å²) in [5.74, 6) is 1.09. The standard InChI is InChI=1S/C12H13ClN2OS/c1-3-9(13)11-14-12(16-15-11)8-6-4-5-7-10(8)17-2/h4-7,9H,3H2,1-2H3. The van der Waals surface area contributed by atoms with E-state index < -0.39 is 0 Å². The lowest BCUT2D eigenvalue weighted by Crippen LogP contribution is -1.90. The Hall–Kier alpha value is -1.00. The maximum absolute atomic E-state index is 6.07. The molecule has 0 aliphatic rings. The summed E-state index contributed by atoms with van der Waals surface area (Å²) < 4.78 is 5.26. The van der Waals surface area contributed by atoms with E-state index in [4.69, 9.17) is 16.1 Å². The highest BCUT2D eigenvalue weighted by Crippen LogP contribution is 2.30. The number of hydrogen-bond acceptors (Lipinski definition) is 4. The van der Waals surface area contributed by atoms with Crippen LogP contribution >= 0.6 is 23.4 Å². The molecule has 1 aromatic carbocycles. The van der Waals surface area contributed by atoms with E-state index in [1.807, 2.05) is 37.4 Å². The van der Waals surface area contributed by atoms with E-state index in [0.717, 1.165) is 16.9 Å². The van der Waals surface area contributed by atoms with Crippen molar-refractivity contribution in [2.75, 3.05) is 6.26 Å². The lowest BCUT2D eigenvalue weighted by atomic mass is 10.2. The molecule has 0 N–H and O–H groups in total. The van der Waals surface area contributed by atoms with Crippen molar-refractivity contribution in [1.82, 2.24) is 10.1 Å². The number of thioether (sulfide) groups is 1. The molecule has 0 fully saturated rings. The molecule has 0 aliphatic heterocycles. The predicted octanol–water partition coefficient (Wildman–Crippen LogP) is 4.15. The first-order valence-electron chi connectivity index (χ1n) is 5.37. The lowest BCUT2D eigenvalue weighted by Gasteiger charge is -2.01. The third-order valence-electron chi connectivity index (χ3n) is 2.42. The summed E-state index contributed by atoms with van der Waals surface area (Å²) in [6.07, 6.45) is 2.80. The van der Waals surface area contributed by atoms with E-state index in [1.165, 1.54) is 0 Å². The Bertz CT molecular complexity index is 501. The van der Waals surface area contributed by atoms with Crippen LogP contribution < -0.4 is 0 Å². The van der Waals surface area contributed by atoms with Crippen molar-refractivity contribution in [3.05, 3.63) is 30.1 Å². The van der Waals surface area contributed by atoms with Crippen molar-refractivity contribution in [2.45, 2.75) is 23.6 Å². The monoisotopic (exact) mass is 268 g/mol. The van der Waals surface area contributed by atoms with Gasteiger partial charge in [0.25, 0.3) is 5.89 Å². The normalized spacial score (nSPS) is 12.6. The van der Waals surface area contributed by atoms with Gasteiger partial charge in [0.1, 0.15) is 0 Å². The third kappa shape index (κ3) is 2.64. The van der Waals surface area contributed by atoms with Crippen LogP contribution in [0.2, 0.25) is 0 Å². The number of rotatable bonds is 4. The van der Waals surface area contributed by atoms with Gasteiger partial charge < -0.3 is 4.52 Å². The summed E-state index contributed by atoms with van der Waals surface area (Å²) in [5, 5.41) is 3.73. The number of hydrogen-bond donors (Lipinski definition) is 0. The van der Waals surface area contributed by atoms with Crippen molar-refractivity contribution in [3.63, 3.8) is 0 Å². The van der Waals surface area contributed by atoms with Gasteiger partial charge in [0.2, 0.25) is 0 Å². The molecule has 1 heterocycles. The van der Waals surface area contributed by atoms with Crippen LogP contribution in [0, 0.1) is 0 Å². The third-order valence-corrected chi connectivity index (χ3v) is 3.72. The van der Waals surface area contributed by atoms with Gasteiger partial charge in [0.05, 0.1) is 10.9 Å². The van der Waals surface area contributed by atoms with Crippen LogP contribution in [-0.4, -0.2) is 16.4 Å². The van der Waals surface area contributed by atoms with E-state index in [-0.39, 0.29) is 5.38 Å². The van der Waals surface area contributed by atoms with Crippen LogP contribution in [0.15, 0.2) is 33.7 Å². The molecule has 1 unspecified atom stereocenters. The second-order valence-corrected chi connectivity index (χ2v) is 4.91. The molecule has 2 rings (SSSR count). The Labute approximate surface area is 110 Å². The van der Waals surface area contributed by atoms with Gasteiger partial charge in [-0.1, -0.05) is 24.2 Å². The number of nitrogens with zero attached hydrogens (tertiary/aromatic N) is 2. The first-order chi connectivity index (χ1) is 8.26. The van der Waals surface area contributed by atoms with Crippen LogP contribution in [-0.2, 0) is 0 Å². The summed E-state index contributed by atoms with van der Waals surface area (Å²) in [6.45, 7) is 1.99. The minimum Gasteiger partial charge on any atom is -0.334 e. The van der Waals surface area contributed by atoms with Crippen LogP contribution in [0.4, 0.5) is 0 Å². The molecule has 1 aromatic heterocycles. The first-order valence-corrected chi connectivity index (χ1v) is 7.03. The Morgan fingerprint density at radius 2 is 2.18 bits per heavy atom. The first kappa shape index (κ1) is 12.5. The molecule has 5 heteroatoms. The van der Waals surface area contributed by atoms with Gasteiger partial charge in [-0.3, -0.25) is 0 Å². The Morgan fingerprint density at radius 1 is 1.41 bits per heavy atom. The Morgan fingerprint density at radius 3 is 2.88 bits per heavy atom. The fraction of sp³-hybridized carbons (Fsp3) is 0.333. The van der Waals surface area contributed by atoms with E-state index in [2.05, 4.69) is 10.1 Å². The molecule has 1 atom stereocenters. The molecule has 0 saturated carbocycles. The molecule has 0 radical (unpaired) electrons. The van der Waals surface area contributed by atoms with E-state index >= 15 is 0 Å². The van der Waals surface area contributed by atoms with Crippen molar-refractivity contribution in [3.8, 4) is 11.5 Å². The summed E-state index contributed by atoms with van der Waals surface area (Å²) in [5.41, 5.74) is 0.957. The second kappa shape index (κ2) is 5.56. The zero-order valence-electron chi connectivity index (χ0n) is 9.68. The fourth-order valence-electron chi connectivity index (χ4n) is 1.48. The van der Waals surface area contributed by atoms with Gasteiger partial charge in [-0.25, -0.2) is 0 Å². The molecule has 90 valence electrons. The van der Waals surface area contributed by atoms with Crippen LogP contribution in [0.1, 0.15) is 24.5 Å². The molecule has 0 aliphatic carbocycles. The molecule has 2 aromatic rings. The number of alkyl halides is 1. The quantitative estimate of drug-likeness (QED) is 0.617. The minimum atomic E-state index is -0.186. The maximum Gasteiger partial charge on any atom is 0.259 e. The van der Waals surface area contributed by atoms with Crippen molar-refractivity contribution >= 4 is 23.4 Å². The average Bonchev–Trinajstić information content (AvgIpc) is 2.87. The summed E-state index contributed by atoms with van der Waals surface area (Å²) >= 11 is 7.73. The second-order valence-electron chi connectivity index (χ2n) is 3.53. The van der Waals surface area contributed by atoms with E-state index in [0.29, 0.717) is 11.7 Å². The van der Waals surface area contributed by atoms with E-state index in [1.54, 1.807) is 11.8 Å². The van der Waals surface area contributed by atoms with Crippen LogP contribution in [0.5, 0.6) is 0 Å². The number of halogens is 1. The smallest absolute Gasteiger partial charge is 0.259 e. The van der Waals surface area contributed by atoms with Gasteiger partial charge in [0.15, 0.2) is 5.82 Å². The highest BCUT2D eigenvalue weighted by atomic mass is 35.5. The van der Waals surface area contributed by atoms with E-state index in [9.17, 15) is 0 Å². The summed E-state index contributed by atoms with van der Waals surface area (Å²) in [6, 6.07) is 7.94. The molecule has 0 saturated heterocycles. The van der Waals surface area contributed by atoms with Gasteiger partial charge in [0, 0.05) is 4.90 Å². The van der Waals surface area contributed by atoms with Gasteiger partial charge >= 0.3 is 0 Å².